The zero-order chi connectivity index (χ0) is 13.9. The zero-order valence-corrected chi connectivity index (χ0v) is 10.9. The van der Waals surface area contributed by atoms with Gasteiger partial charge in [-0.25, -0.2) is 0 Å². The molecular formula is C13H17BF3O2-. The molecule has 1 atom stereocenters. The van der Waals surface area contributed by atoms with Crippen molar-refractivity contribution in [1.82, 2.24) is 0 Å². The number of halogens is 3. The lowest BCUT2D eigenvalue weighted by atomic mass is 9.78. The van der Waals surface area contributed by atoms with Crippen molar-refractivity contribution in [3.8, 4) is 5.75 Å². The summed E-state index contributed by atoms with van der Waals surface area (Å²) in [5, 5.41) is 0. The molecule has 106 valence electrons. The van der Waals surface area contributed by atoms with Crippen molar-refractivity contribution >= 4 is 12.4 Å². The van der Waals surface area contributed by atoms with Crippen LogP contribution >= 0.6 is 0 Å². The smallest absolute Gasteiger partial charge is 0.496 e. The van der Waals surface area contributed by atoms with Crippen LogP contribution in [0, 0.1) is 6.92 Å². The Morgan fingerprint density at radius 1 is 1.37 bits per heavy atom. The van der Waals surface area contributed by atoms with Gasteiger partial charge in [0.2, 0.25) is 0 Å². The SMILES string of the molecule is Cc1ccc(OCCC2CCCO2)c([B-](F)(F)F)c1. The maximum atomic E-state index is 12.9. The third-order valence-electron chi connectivity index (χ3n) is 3.24. The predicted octanol–water partition coefficient (Wildman–Crippen LogP) is 3.00. The van der Waals surface area contributed by atoms with E-state index in [1.165, 1.54) is 6.07 Å². The highest BCUT2D eigenvalue weighted by atomic mass is 19.4. The number of hydrogen-bond donors (Lipinski definition) is 0. The Hall–Kier alpha value is -1.17. The Bertz CT molecular complexity index is 428. The molecule has 1 heterocycles. The van der Waals surface area contributed by atoms with Crippen LogP contribution in [-0.4, -0.2) is 26.3 Å². The molecule has 2 nitrogen and oxygen atoms in total. The molecule has 1 aromatic carbocycles. The average Bonchev–Trinajstić information content (AvgIpc) is 2.83. The molecule has 2 rings (SSSR count). The van der Waals surface area contributed by atoms with Gasteiger partial charge in [-0.2, -0.15) is 0 Å². The first-order valence-corrected chi connectivity index (χ1v) is 6.52. The van der Waals surface area contributed by atoms with Crippen LogP contribution < -0.4 is 10.2 Å². The van der Waals surface area contributed by atoms with Crippen molar-refractivity contribution in [2.24, 2.45) is 0 Å². The fourth-order valence-electron chi connectivity index (χ4n) is 2.23. The monoisotopic (exact) mass is 273 g/mol. The average molecular weight is 273 g/mol. The van der Waals surface area contributed by atoms with Crippen LogP contribution in [0.2, 0.25) is 0 Å². The molecule has 0 spiro atoms. The molecular weight excluding hydrogens is 256 g/mol. The highest BCUT2D eigenvalue weighted by molar-refractivity contribution is 6.74. The van der Waals surface area contributed by atoms with Crippen molar-refractivity contribution in [3.05, 3.63) is 23.8 Å². The van der Waals surface area contributed by atoms with Crippen molar-refractivity contribution in [2.45, 2.75) is 32.3 Å². The van der Waals surface area contributed by atoms with Gasteiger partial charge in [0.05, 0.1) is 18.5 Å². The number of aryl methyl sites for hydroxylation is 1. The van der Waals surface area contributed by atoms with Gasteiger partial charge in [-0.3, -0.25) is 0 Å². The van der Waals surface area contributed by atoms with Gasteiger partial charge in [0.1, 0.15) is 0 Å². The van der Waals surface area contributed by atoms with Crippen molar-refractivity contribution in [2.75, 3.05) is 13.2 Å². The third kappa shape index (κ3) is 3.90. The Kier molecular flexibility index (Phi) is 4.40. The second-order valence-electron chi connectivity index (χ2n) is 4.89. The summed E-state index contributed by atoms with van der Waals surface area (Å²) in [6.45, 7) is -2.40. The fourth-order valence-corrected chi connectivity index (χ4v) is 2.23. The first-order chi connectivity index (χ1) is 8.97. The molecule has 1 fully saturated rings. The van der Waals surface area contributed by atoms with Crippen LogP contribution in [0.15, 0.2) is 18.2 Å². The minimum atomic E-state index is -5.04. The molecule has 0 aliphatic carbocycles. The van der Waals surface area contributed by atoms with E-state index in [0.717, 1.165) is 25.5 Å². The summed E-state index contributed by atoms with van der Waals surface area (Å²) >= 11 is 0. The van der Waals surface area contributed by atoms with Crippen LogP contribution in [0.3, 0.4) is 0 Å². The highest BCUT2D eigenvalue weighted by Crippen LogP contribution is 2.20. The van der Waals surface area contributed by atoms with Crippen LogP contribution in [0.25, 0.3) is 0 Å². The Morgan fingerprint density at radius 3 is 2.79 bits per heavy atom. The first kappa shape index (κ1) is 14.2. The summed E-state index contributed by atoms with van der Waals surface area (Å²) < 4.78 is 49.4. The van der Waals surface area contributed by atoms with E-state index in [4.69, 9.17) is 9.47 Å². The zero-order valence-electron chi connectivity index (χ0n) is 10.9. The van der Waals surface area contributed by atoms with Crippen molar-refractivity contribution in [1.29, 1.82) is 0 Å². The van der Waals surface area contributed by atoms with E-state index in [0.29, 0.717) is 12.0 Å². The minimum Gasteiger partial charge on any atom is -0.496 e. The van der Waals surface area contributed by atoms with Gasteiger partial charge in [-0.05, 0) is 25.8 Å². The quantitative estimate of drug-likeness (QED) is 0.768. The lowest BCUT2D eigenvalue weighted by molar-refractivity contribution is 0.0905. The summed E-state index contributed by atoms with van der Waals surface area (Å²) in [7, 11) is 0. The molecule has 1 aliphatic rings. The molecule has 0 radical (unpaired) electrons. The molecule has 0 aromatic heterocycles. The Balaban J connectivity index is 1.98. The Morgan fingerprint density at radius 2 is 2.16 bits per heavy atom. The molecule has 1 saturated heterocycles. The summed E-state index contributed by atoms with van der Waals surface area (Å²) in [6, 6.07) is 4.17. The van der Waals surface area contributed by atoms with Gasteiger partial charge in [0.25, 0.3) is 0 Å². The van der Waals surface area contributed by atoms with E-state index >= 15 is 0 Å². The summed E-state index contributed by atoms with van der Waals surface area (Å²) in [5.74, 6) is -0.0731. The van der Waals surface area contributed by atoms with E-state index in [2.05, 4.69) is 0 Å². The Labute approximate surface area is 111 Å². The topological polar surface area (TPSA) is 18.5 Å². The summed E-state index contributed by atoms with van der Waals surface area (Å²) in [4.78, 5) is 0. The number of hydrogen-bond acceptors (Lipinski definition) is 2. The summed E-state index contributed by atoms with van der Waals surface area (Å²) in [5.41, 5.74) is -0.0620. The van der Waals surface area contributed by atoms with Gasteiger partial charge < -0.3 is 22.4 Å². The molecule has 0 bridgehead atoms. The van der Waals surface area contributed by atoms with Crippen LogP contribution in [-0.2, 0) is 4.74 Å². The van der Waals surface area contributed by atoms with E-state index in [1.54, 1.807) is 13.0 Å². The van der Waals surface area contributed by atoms with Gasteiger partial charge in [-0.15, -0.1) is 0 Å². The lowest BCUT2D eigenvalue weighted by Crippen LogP contribution is -2.35. The summed E-state index contributed by atoms with van der Waals surface area (Å²) in [6.07, 6.45) is 2.75. The number of rotatable bonds is 5. The highest BCUT2D eigenvalue weighted by Gasteiger charge is 2.29. The van der Waals surface area contributed by atoms with E-state index in [1.807, 2.05) is 0 Å². The fraction of sp³-hybridized carbons (Fsp3) is 0.538. The van der Waals surface area contributed by atoms with Crippen LogP contribution in [0.1, 0.15) is 24.8 Å². The second kappa shape index (κ2) is 5.86. The van der Waals surface area contributed by atoms with Gasteiger partial charge in [0, 0.05) is 13.0 Å². The maximum absolute atomic E-state index is 12.9. The van der Waals surface area contributed by atoms with Crippen molar-refractivity contribution in [3.63, 3.8) is 0 Å². The normalized spacial score (nSPS) is 19.7. The first-order valence-electron chi connectivity index (χ1n) is 6.52. The molecule has 19 heavy (non-hydrogen) atoms. The van der Waals surface area contributed by atoms with E-state index in [9.17, 15) is 12.9 Å². The molecule has 0 N–H and O–H groups in total. The lowest BCUT2D eigenvalue weighted by Gasteiger charge is -2.21. The largest absolute Gasteiger partial charge is 0.513 e. The standard InChI is InChI=1S/C13H17BF3O2/c1-10-4-5-13(12(9-10)14(15,16)17)19-8-6-11-3-2-7-18-11/h4-5,9,11H,2-3,6-8H2,1H3/q-1. The van der Waals surface area contributed by atoms with Crippen LogP contribution in [0.4, 0.5) is 12.9 Å². The molecule has 1 aliphatic heterocycles. The van der Waals surface area contributed by atoms with Gasteiger partial charge in [-0.1, -0.05) is 23.2 Å². The van der Waals surface area contributed by atoms with Gasteiger partial charge in [0.15, 0.2) is 0 Å². The number of benzene rings is 1. The van der Waals surface area contributed by atoms with E-state index < -0.39 is 12.4 Å². The number of ether oxygens (including phenoxy) is 2. The van der Waals surface area contributed by atoms with E-state index in [-0.39, 0.29) is 18.5 Å². The van der Waals surface area contributed by atoms with Crippen LogP contribution in [0.5, 0.6) is 5.75 Å². The molecule has 0 saturated carbocycles. The minimum absolute atomic E-state index is 0.0731. The molecule has 1 aromatic rings. The molecule has 6 heteroatoms. The molecule has 1 unspecified atom stereocenters. The third-order valence-corrected chi connectivity index (χ3v) is 3.24. The van der Waals surface area contributed by atoms with Gasteiger partial charge >= 0.3 is 6.98 Å². The second-order valence-corrected chi connectivity index (χ2v) is 4.89. The molecule has 0 amide bonds. The van der Waals surface area contributed by atoms with Crippen molar-refractivity contribution < 1.29 is 22.4 Å². The predicted molar refractivity (Wildman–Crippen MR) is 69.0 cm³/mol. The maximum Gasteiger partial charge on any atom is 0.513 e.